The van der Waals surface area contributed by atoms with E-state index in [9.17, 15) is 4.79 Å². The average molecular weight is 186 g/mol. The zero-order valence-electron chi connectivity index (χ0n) is 8.21. The summed E-state index contributed by atoms with van der Waals surface area (Å²) >= 11 is 0. The lowest BCUT2D eigenvalue weighted by atomic mass is 10.4. The Bertz CT molecular complexity index is 162. The normalized spacial score (nSPS) is 16.4. The Labute approximate surface area is 79.2 Å². The van der Waals surface area contributed by atoms with Gasteiger partial charge in [0, 0.05) is 26.2 Å². The number of carbonyl (C=O) groups excluding carboxylic acids is 1. The van der Waals surface area contributed by atoms with Crippen LogP contribution in [0.3, 0.4) is 0 Å². The highest BCUT2D eigenvalue weighted by atomic mass is 16.5. The number of amides is 2. The van der Waals surface area contributed by atoms with E-state index in [1.807, 2.05) is 0 Å². The number of carbonyl (C=O) groups is 1. The molecule has 4 heteroatoms. The van der Waals surface area contributed by atoms with Gasteiger partial charge in [-0.15, -0.1) is 0 Å². The quantitative estimate of drug-likeness (QED) is 0.624. The van der Waals surface area contributed by atoms with Crippen molar-refractivity contribution in [2.75, 3.05) is 32.8 Å². The van der Waals surface area contributed by atoms with Crippen LogP contribution in [0.5, 0.6) is 0 Å². The van der Waals surface area contributed by atoms with E-state index in [0.29, 0.717) is 6.61 Å². The first kappa shape index (κ1) is 10.3. The lowest BCUT2D eigenvalue weighted by Crippen LogP contribution is -2.31. The Hall–Kier alpha value is -0.770. The summed E-state index contributed by atoms with van der Waals surface area (Å²) in [4.78, 5) is 12.8. The first-order chi connectivity index (χ1) is 6.34. The number of nitrogens with one attached hydrogen (secondary N) is 1. The van der Waals surface area contributed by atoms with E-state index >= 15 is 0 Å². The van der Waals surface area contributed by atoms with Crippen molar-refractivity contribution < 1.29 is 9.53 Å². The zero-order valence-corrected chi connectivity index (χ0v) is 8.21. The molecule has 1 heterocycles. The molecule has 0 radical (unpaired) electrons. The molecule has 0 unspecified atom stereocenters. The molecular weight excluding hydrogens is 168 g/mol. The van der Waals surface area contributed by atoms with Gasteiger partial charge in [0.1, 0.15) is 0 Å². The van der Waals surface area contributed by atoms with Crippen LogP contribution in [0.2, 0.25) is 0 Å². The van der Waals surface area contributed by atoms with Gasteiger partial charge in [-0.25, -0.2) is 4.79 Å². The molecule has 1 saturated heterocycles. The van der Waals surface area contributed by atoms with Crippen LogP contribution in [-0.4, -0.2) is 43.8 Å². The summed E-state index contributed by atoms with van der Waals surface area (Å²) < 4.78 is 5.36. The molecule has 4 nitrogen and oxygen atoms in total. The highest BCUT2D eigenvalue weighted by Crippen LogP contribution is 1.96. The number of hydrogen-bond acceptors (Lipinski definition) is 2. The Balaban J connectivity index is 1.96. The third kappa shape index (κ3) is 3.63. The molecular formula is C9H18N2O2. The van der Waals surface area contributed by atoms with E-state index in [2.05, 4.69) is 12.2 Å². The molecule has 13 heavy (non-hydrogen) atoms. The maximum absolute atomic E-state index is 11.1. The topological polar surface area (TPSA) is 41.6 Å². The molecule has 1 fully saturated rings. The molecule has 1 N–H and O–H groups in total. The molecule has 76 valence electrons. The Morgan fingerprint density at radius 3 is 3.00 bits per heavy atom. The first-order valence-electron chi connectivity index (χ1n) is 4.95. The van der Waals surface area contributed by atoms with Gasteiger partial charge in [0.2, 0.25) is 0 Å². The second-order valence-corrected chi connectivity index (χ2v) is 3.18. The van der Waals surface area contributed by atoms with Crippen molar-refractivity contribution >= 4 is 6.03 Å². The molecule has 0 aromatic carbocycles. The molecule has 1 aliphatic rings. The number of hydrogen-bond donors (Lipinski definition) is 1. The standard InChI is InChI=1S/C9H18N2O2/c1-2-3-7-13-8-6-11-5-4-10-9(11)12/h2-8H2,1H3,(H,10,12). The third-order valence-electron chi connectivity index (χ3n) is 2.09. The van der Waals surface area contributed by atoms with Crippen LogP contribution in [0.4, 0.5) is 4.79 Å². The molecule has 0 bridgehead atoms. The number of nitrogens with zero attached hydrogens (tertiary/aromatic N) is 1. The van der Waals surface area contributed by atoms with Crippen LogP contribution in [0.15, 0.2) is 0 Å². The van der Waals surface area contributed by atoms with E-state index in [1.165, 1.54) is 0 Å². The molecule has 0 aromatic heterocycles. The minimum Gasteiger partial charge on any atom is -0.380 e. The first-order valence-corrected chi connectivity index (χ1v) is 4.95. The molecule has 0 atom stereocenters. The number of ether oxygens (including phenoxy) is 1. The molecule has 0 saturated carbocycles. The summed E-state index contributed by atoms with van der Waals surface area (Å²) in [6.45, 7) is 5.91. The largest absolute Gasteiger partial charge is 0.380 e. The lowest BCUT2D eigenvalue weighted by molar-refractivity contribution is 0.113. The van der Waals surface area contributed by atoms with Crippen LogP contribution in [0.1, 0.15) is 19.8 Å². The maximum Gasteiger partial charge on any atom is 0.317 e. The predicted octanol–water partition coefficient (Wildman–Crippen LogP) is 0.828. The van der Waals surface area contributed by atoms with Gasteiger partial charge < -0.3 is 15.0 Å². The lowest BCUT2D eigenvalue weighted by Gasteiger charge is -2.13. The Morgan fingerprint density at radius 2 is 2.38 bits per heavy atom. The summed E-state index contributed by atoms with van der Waals surface area (Å²) in [5.74, 6) is 0. The van der Waals surface area contributed by atoms with E-state index in [-0.39, 0.29) is 6.03 Å². The van der Waals surface area contributed by atoms with Crippen LogP contribution < -0.4 is 5.32 Å². The summed E-state index contributed by atoms with van der Waals surface area (Å²) in [7, 11) is 0. The van der Waals surface area contributed by atoms with Crippen LogP contribution >= 0.6 is 0 Å². The molecule has 2 amide bonds. The predicted molar refractivity (Wildman–Crippen MR) is 50.7 cm³/mol. The van der Waals surface area contributed by atoms with Gasteiger partial charge in [0.15, 0.2) is 0 Å². The fourth-order valence-electron chi connectivity index (χ4n) is 1.25. The van der Waals surface area contributed by atoms with Gasteiger partial charge in [-0.2, -0.15) is 0 Å². The summed E-state index contributed by atoms with van der Waals surface area (Å²) in [6.07, 6.45) is 2.26. The van der Waals surface area contributed by atoms with Crippen molar-refractivity contribution in [2.24, 2.45) is 0 Å². The monoisotopic (exact) mass is 186 g/mol. The Kier molecular flexibility index (Phi) is 4.60. The van der Waals surface area contributed by atoms with Gasteiger partial charge in [-0.05, 0) is 6.42 Å². The maximum atomic E-state index is 11.1. The van der Waals surface area contributed by atoms with E-state index < -0.39 is 0 Å². The molecule has 1 aliphatic heterocycles. The van der Waals surface area contributed by atoms with Gasteiger partial charge in [-0.3, -0.25) is 0 Å². The van der Waals surface area contributed by atoms with Crippen molar-refractivity contribution in [1.82, 2.24) is 10.2 Å². The van der Waals surface area contributed by atoms with Crippen molar-refractivity contribution in [3.8, 4) is 0 Å². The van der Waals surface area contributed by atoms with Crippen molar-refractivity contribution in [3.05, 3.63) is 0 Å². The van der Waals surface area contributed by atoms with E-state index in [1.54, 1.807) is 4.90 Å². The SMILES string of the molecule is CCCCOCCN1CCNC1=O. The molecule has 0 aromatic rings. The van der Waals surface area contributed by atoms with E-state index in [0.717, 1.165) is 39.1 Å². The zero-order chi connectivity index (χ0) is 9.52. The summed E-state index contributed by atoms with van der Waals surface area (Å²) in [5, 5.41) is 2.75. The number of urea groups is 1. The minimum absolute atomic E-state index is 0.0408. The van der Waals surface area contributed by atoms with Gasteiger partial charge >= 0.3 is 6.03 Å². The summed E-state index contributed by atoms with van der Waals surface area (Å²) in [6, 6.07) is 0.0408. The van der Waals surface area contributed by atoms with Crippen LogP contribution in [0, 0.1) is 0 Å². The van der Waals surface area contributed by atoms with Crippen molar-refractivity contribution in [1.29, 1.82) is 0 Å². The minimum atomic E-state index is 0.0408. The van der Waals surface area contributed by atoms with Crippen molar-refractivity contribution in [2.45, 2.75) is 19.8 Å². The molecule has 0 aliphatic carbocycles. The Morgan fingerprint density at radius 1 is 1.54 bits per heavy atom. The highest BCUT2D eigenvalue weighted by Gasteiger charge is 2.18. The molecule has 1 rings (SSSR count). The number of rotatable bonds is 6. The smallest absolute Gasteiger partial charge is 0.317 e. The van der Waals surface area contributed by atoms with Gasteiger partial charge in [0.25, 0.3) is 0 Å². The summed E-state index contributed by atoms with van der Waals surface area (Å²) in [5.41, 5.74) is 0. The fourth-order valence-corrected chi connectivity index (χ4v) is 1.25. The highest BCUT2D eigenvalue weighted by molar-refractivity contribution is 5.76. The third-order valence-corrected chi connectivity index (χ3v) is 2.09. The number of unbranched alkanes of at least 4 members (excludes halogenated alkanes) is 1. The van der Waals surface area contributed by atoms with Crippen LogP contribution in [-0.2, 0) is 4.74 Å². The fraction of sp³-hybridized carbons (Fsp3) is 0.889. The molecule has 0 spiro atoms. The van der Waals surface area contributed by atoms with Crippen molar-refractivity contribution in [3.63, 3.8) is 0 Å². The second-order valence-electron chi connectivity index (χ2n) is 3.18. The average Bonchev–Trinajstić information content (AvgIpc) is 2.52. The van der Waals surface area contributed by atoms with E-state index in [4.69, 9.17) is 4.74 Å². The van der Waals surface area contributed by atoms with Crippen LogP contribution in [0.25, 0.3) is 0 Å². The van der Waals surface area contributed by atoms with Gasteiger partial charge in [0.05, 0.1) is 6.61 Å². The second kappa shape index (κ2) is 5.80. The van der Waals surface area contributed by atoms with Gasteiger partial charge in [-0.1, -0.05) is 13.3 Å².